The van der Waals surface area contributed by atoms with Crippen molar-refractivity contribution in [3.05, 3.63) is 66.2 Å². The van der Waals surface area contributed by atoms with Crippen molar-refractivity contribution in [3.8, 4) is 17.2 Å². The topological polar surface area (TPSA) is 220 Å². The lowest BCUT2D eigenvalue weighted by Crippen LogP contribution is -2.39. The van der Waals surface area contributed by atoms with Crippen LogP contribution in [0.15, 0.2) is 70.5 Å². The highest BCUT2D eigenvalue weighted by Crippen LogP contribution is 2.48. The summed E-state index contributed by atoms with van der Waals surface area (Å²) in [6.45, 7) is 4.48. The second-order valence-corrected chi connectivity index (χ2v) is 10.8. The van der Waals surface area contributed by atoms with Gasteiger partial charge in [0.05, 0.1) is 16.9 Å². The van der Waals surface area contributed by atoms with Gasteiger partial charge in [0.2, 0.25) is 0 Å². The zero-order chi connectivity index (χ0) is 32.4. The Kier molecular flexibility index (Phi) is 12.6. The third-order valence-electron chi connectivity index (χ3n) is 5.82. The molecule has 43 heavy (non-hydrogen) atoms. The van der Waals surface area contributed by atoms with Gasteiger partial charge in [-0.25, -0.2) is 14.4 Å². The lowest BCUT2D eigenvalue weighted by atomic mass is 10.1. The minimum absolute atomic E-state index is 0.289. The Balaban J connectivity index is 0.000000250. The fraction of sp³-hybridized carbons (Fsp3) is 0.276. The molecule has 0 saturated carbocycles. The fourth-order valence-corrected chi connectivity index (χ4v) is 5.06. The SMILES string of the molecule is CC(CN(C)C)CN1c2ccccc2Sc2ccccc21.O=C(O)C(O)C(O)C(=O)O.O=C(O)c1cc(O)c(O)c(O)c1. The van der Waals surface area contributed by atoms with Gasteiger partial charge in [-0.1, -0.05) is 43.0 Å². The van der Waals surface area contributed by atoms with Crippen LogP contribution in [-0.4, -0.2) is 103 Å². The van der Waals surface area contributed by atoms with E-state index in [0.29, 0.717) is 5.92 Å². The van der Waals surface area contributed by atoms with Gasteiger partial charge in [0.25, 0.3) is 0 Å². The first-order valence-corrected chi connectivity index (χ1v) is 13.5. The number of phenolic OH excluding ortho intramolecular Hbond substituents is 3. The second-order valence-electron chi connectivity index (χ2n) is 9.75. The van der Waals surface area contributed by atoms with Crippen LogP contribution in [0.3, 0.4) is 0 Å². The summed E-state index contributed by atoms with van der Waals surface area (Å²) >= 11 is 1.88. The van der Waals surface area contributed by atoms with E-state index in [1.54, 1.807) is 0 Å². The number of fused-ring (bicyclic) bond motifs is 2. The summed E-state index contributed by atoms with van der Waals surface area (Å²) in [5.41, 5.74) is 2.39. The largest absolute Gasteiger partial charge is 0.504 e. The molecule has 1 heterocycles. The summed E-state index contributed by atoms with van der Waals surface area (Å²) in [4.78, 5) is 37.3. The average molecular weight is 619 g/mol. The molecule has 3 unspecified atom stereocenters. The number of hydrogen-bond donors (Lipinski definition) is 8. The maximum atomic E-state index is 10.3. The summed E-state index contributed by atoms with van der Waals surface area (Å²) in [7, 11) is 4.29. The minimum atomic E-state index is -2.27. The predicted octanol–water partition coefficient (Wildman–Crippen LogP) is 2.87. The minimum Gasteiger partial charge on any atom is -0.504 e. The molecule has 8 N–H and O–H groups in total. The number of hydrogen-bond acceptors (Lipinski definition) is 11. The van der Waals surface area contributed by atoms with E-state index in [4.69, 9.17) is 40.9 Å². The molecule has 0 spiro atoms. The van der Waals surface area contributed by atoms with E-state index in [1.807, 2.05) is 11.8 Å². The molecule has 0 aromatic heterocycles. The molecule has 14 heteroatoms. The van der Waals surface area contributed by atoms with Gasteiger partial charge < -0.3 is 50.7 Å². The Bertz CT molecular complexity index is 1350. The molecule has 0 aliphatic carbocycles. The summed E-state index contributed by atoms with van der Waals surface area (Å²) in [6, 6.07) is 19.1. The van der Waals surface area contributed by atoms with Crippen LogP contribution in [0.25, 0.3) is 0 Å². The van der Waals surface area contributed by atoms with Gasteiger partial charge in [-0.2, -0.15) is 0 Å². The molecule has 232 valence electrons. The van der Waals surface area contributed by atoms with E-state index in [0.717, 1.165) is 25.2 Å². The van der Waals surface area contributed by atoms with Crippen molar-refractivity contribution in [2.24, 2.45) is 5.92 Å². The summed E-state index contributed by atoms with van der Waals surface area (Å²) in [5.74, 6) is -6.26. The smallest absolute Gasteiger partial charge is 0.335 e. The Labute approximate surface area is 251 Å². The second kappa shape index (κ2) is 15.7. The van der Waals surface area contributed by atoms with Crippen molar-refractivity contribution in [2.75, 3.05) is 32.1 Å². The number of carboxylic acids is 3. The Hall–Kier alpha value is -4.50. The number of aromatic carboxylic acids is 1. The van der Waals surface area contributed by atoms with Gasteiger partial charge in [-0.05, 0) is 56.4 Å². The molecule has 0 amide bonds. The van der Waals surface area contributed by atoms with Gasteiger partial charge in [0.15, 0.2) is 29.5 Å². The van der Waals surface area contributed by atoms with E-state index >= 15 is 0 Å². The molecule has 0 saturated heterocycles. The quantitative estimate of drug-likeness (QED) is 0.170. The van der Waals surface area contributed by atoms with Gasteiger partial charge >= 0.3 is 17.9 Å². The number of benzene rings is 3. The highest BCUT2D eigenvalue weighted by Gasteiger charge is 2.29. The maximum absolute atomic E-state index is 10.3. The van der Waals surface area contributed by atoms with Crippen molar-refractivity contribution >= 4 is 41.0 Å². The maximum Gasteiger partial charge on any atom is 0.335 e. The number of phenols is 3. The normalized spacial score (nSPS) is 13.6. The number of para-hydroxylation sites is 2. The molecule has 0 radical (unpaired) electrons. The van der Waals surface area contributed by atoms with Gasteiger partial charge in [0, 0.05) is 22.9 Å². The van der Waals surface area contributed by atoms with Crippen molar-refractivity contribution in [1.82, 2.24) is 4.90 Å². The zero-order valence-corrected chi connectivity index (χ0v) is 24.3. The number of aliphatic carboxylic acids is 2. The predicted molar refractivity (Wildman–Crippen MR) is 157 cm³/mol. The first-order chi connectivity index (χ1) is 20.1. The average Bonchev–Trinajstić information content (AvgIpc) is 2.94. The monoisotopic (exact) mass is 618 g/mol. The fourth-order valence-electron chi connectivity index (χ4n) is 3.97. The van der Waals surface area contributed by atoms with E-state index in [-0.39, 0.29) is 5.56 Å². The molecule has 13 nitrogen and oxygen atoms in total. The standard InChI is InChI=1S/C18H22N2S.C7H6O5.C4H6O6/c1-14(12-19(2)3)13-20-15-8-4-6-10-17(15)21-18-11-7-5-9-16(18)20;8-4-1-3(7(11)12)2-5(9)6(4)10;5-1(3(7)8)2(6)4(9)10/h4-11,14H,12-13H2,1-3H3;1-2,8-10H,(H,11,12);1-2,5-6H,(H,7,8)(H,9,10). The molecule has 0 fully saturated rings. The Morgan fingerprint density at radius 1 is 0.791 bits per heavy atom. The number of rotatable bonds is 8. The number of aliphatic hydroxyl groups excluding tert-OH is 2. The van der Waals surface area contributed by atoms with Crippen LogP contribution in [0.4, 0.5) is 11.4 Å². The number of aromatic hydroxyl groups is 3. The molecule has 4 rings (SSSR count). The number of carboxylic acid groups (broad SMARTS) is 3. The van der Waals surface area contributed by atoms with E-state index in [1.165, 1.54) is 21.2 Å². The molecule has 0 bridgehead atoms. The van der Waals surface area contributed by atoms with Gasteiger partial charge in [-0.3, -0.25) is 0 Å². The number of anilines is 2. The molecule has 3 aromatic carbocycles. The highest BCUT2D eigenvalue weighted by molar-refractivity contribution is 7.99. The Morgan fingerprint density at radius 3 is 1.58 bits per heavy atom. The summed E-state index contributed by atoms with van der Waals surface area (Å²) in [5, 5.41) is 67.5. The van der Waals surface area contributed by atoms with Gasteiger partial charge in [0.1, 0.15) is 0 Å². The van der Waals surface area contributed by atoms with Crippen LogP contribution in [0.1, 0.15) is 17.3 Å². The summed E-state index contributed by atoms with van der Waals surface area (Å²) in [6.07, 6.45) is -4.53. The number of nitrogens with zero attached hydrogens (tertiary/aromatic N) is 2. The van der Waals surface area contributed by atoms with Crippen molar-refractivity contribution in [3.63, 3.8) is 0 Å². The van der Waals surface area contributed by atoms with Crippen molar-refractivity contribution < 1.29 is 55.2 Å². The number of carbonyl (C=O) groups is 3. The summed E-state index contributed by atoms with van der Waals surface area (Å²) < 4.78 is 0. The third-order valence-corrected chi connectivity index (χ3v) is 6.96. The molecular weight excluding hydrogens is 584 g/mol. The molecular formula is C29H34N2O11S. The molecule has 3 aromatic rings. The number of aliphatic hydroxyl groups is 2. The third kappa shape index (κ3) is 9.78. The van der Waals surface area contributed by atoms with Crippen LogP contribution in [0.2, 0.25) is 0 Å². The first kappa shape index (κ1) is 34.7. The molecule has 3 atom stereocenters. The Morgan fingerprint density at radius 2 is 1.21 bits per heavy atom. The molecule has 1 aliphatic heterocycles. The van der Waals surface area contributed by atoms with Gasteiger partial charge in [-0.15, -0.1) is 0 Å². The highest BCUT2D eigenvalue weighted by atomic mass is 32.2. The van der Waals surface area contributed by atoms with Crippen LogP contribution < -0.4 is 4.90 Å². The van der Waals surface area contributed by atoms with Crippen LogP contribution in [0.5, 0.6) is 17.2 Å². The molecule has 1 aliphatic rings. The van der Waals surface area contributed by atoms with E-state index in [2.05, 4.69) is 79.3 Å². The van der Waals surface area contributed by atoms with E-state index in [9.17, 15) is 14.4 Å². The lowest BCUT2D eigenvalue weighted by molar-refractivity contribution is -0.165. The van der Waals surface area contributed by atoms with E-state index < -0.39 is 47.4 Å². The van der Waals surface area contributed by atoms with Crippen LogP contribution in [-0.2, 0) is 9.59 Å². The zero-order valence-electron chi connectivity index (χ0n) is 23.5. The van der Waals surface area contributed by atoms with Crippen LogP contribution >= 0.6 is 11.8 Å². The first-order valence-electron chi connectivity index (χ1n) is 12.7. The lowest BCUT2D eigenvalue weighted by Gasteiger charge is -2.35. The van der Waals surface area contributed by atoms with Crippen LogP contribution in [0, 0.1) is 5.92 Å². The van der Waals surface area contributed by atoms with Crippen molar-refractivity contribution in [1.29, 1.82) is 0 Å². The van der Waals surface area contributed by atoms with Crippen molar-refractivity contribution in [2.45, 2.75) is 28.9 Å².